The summed E-state index contributed by atoms with van der Waals surface area (Å²) in [5, 5.41) is 12.3. The minimum Gasteiger partial charge on any atom is -0.296 e. The third-order valence-corrected chi connectivity index (χ3v) is 5.97. The number of thiazole rings is 1. The van der Waals surface area contributed by atoms with Crippen molar-refractivity contribution >= 4 is 38.2 Å². The molecule has 150 valence electrons. The first kappa shape index (κ1) is 18.4. The van der Waals surface area contributed by atoms with Crippen LogP contribution in [0.25, 0.3) is 27.1 Å². The van der Waals surface area contributed by atoms with E-state index in [0.717, 1.165) is 39.3 Å². The highest BCUT2D eigenvalue weighted by Gasteiger charge is 2.17. The van der Waals surface area contributed by atoms with Crippen molar-refractivity contribution in [2.75, 3.05) is 5.32 Å². The van der Waals surface area contributed by atoms with Crippen LogP contribution in [0.2, 0.25) is 0 Å². The summed E-state index contributed by atoms with van der Waals surface area (Å²) in [6.07, 6.45) is 3.53. The first-order valence-electron chi connectivity index (χ1n) is 9.59. The number of anilines is 1. The highest BCUT2D eigenvalue weighted by Crippen LogP contribution is 2.27. The number of aromatic nitrogens is 6. The maximum absolute atomic E-state index is 12.8. The van der Waals surface area contributed by atoms with Gasteiger partial charge >= 0.3 is 0 Å². The van der Waals surface area contributed by atoms with Crippen molar-refractivity contribution in [3.05, 3.63) is 59.7 Å². The second kappa shape index (κ2) is 7.03. The molecule has 0 spiro atoms. The van der Waals surface area contributed by atoms with E-state index < -0.39 is 0 Å². The normalized spacial score (nSPS) is 11.4. The number of carbonyl (C=O) groups is 1. The van der Waals surface area contributed by atoms with Crippen molar-refractivity contribution < 1.29 is 4.79 Å². The summed E-state index contributed by atoms with van der Waals surface area (Å²) in [6.45, 7) is 6.88. The topological polar surface area (TPSA) is 90.0 Å². The van der Waals surface area contributed by atoms with Crippen LogP contribution < -0.4 is 5.32 Å². The molecule has 8 nitrogen and oxygen atoms in total. The summed E-state index contributed by atoms with van der Waals surface area (Å²) in [5.74, 6) is -0.316. The number of hydrogen-bond donors (Lipinski definition) is 1. The lowest BCUT2D eigenvalue weighted by Crippen LogP contribution is -2.12. The molecule has 0 radical (unpaired) electrons. The van der Waals surface area contributed by atoms with Crippen molar-refractivity contribution in [1.29, 1.82) is 0 Å². The van der Waals surface area contributed by atoms with Gasteiger partial charge in [-0.3, -0.25) is 14.8 Å². The summed E-state index contributed by atoms with van der Waals surface area (Å²) in [6, 6.07) is 9.57. The van der Waals surface area contributed by atoms with Crippen LogP contribution in [0.4, 0.5) is 5.13 Å². The number of carbonyl (C=O) groups excluding carboxylic acids is 1. The Bertz CT molecular complexity index is 1410. The van der Waals surface area contributed by atoms with Crippen LogP contribution in [0.3, 0.4) is 0 Å². The fourth-order valence-electron chi connectivity index (χ4n) is 3.47. The lowest BCUT2D eigenvalue weighted by molar-refractivity contribution is 0.102. The van der Waals surface area contributed by atoms with Crippen LogP contribution in [0.1, 0.15) is 28.7 Å². The lowest BCUT2D eigenvalue weighted by Gasteiger charge is -2.04. The number of amides is 1. The Kier molecular flexibility index (Phi) is 4.32. The zero-order valence-corrected chi connectivity index (χ0v) is 17.6. The van der Waals surface area contributed by atoms with Gasteiger partial charge in [-0.25, -0.2) is 14.5 Å². The Morgan fingerprint density at radius 2 is 2.07 bits per heavy atom. The summed E-state index contributed by atoms with van der Waals surface area (Å²) in [5.41, 5.74) is 5.74. The number of benzene rings is 1. The standard InChI is InChI=1S/C21H19N7OS/c1-4-27-13(3)14(11-23-27)17-7-8-22-19-10-16(26-28(17)19)20(29)25-21-24-15-6-5-12(2)9-18(15)30-21/h5-11H,4H2,1-3H3,(H,24,25,29). The van der Waals surface area contributed by atoms with Gasteiger partial charge in [-0.05, 0) is 44.5 Å². The molecule has 0 atom stereocenters. The molecular formula is C21H19N7OS. The Morgan fingerprint density at radius 3 is 2.87 bits per heavy atom. The van der Waals surface area contributed by atoms with Crippen LogP contribution in [-0.4, -0.2) is 35.3 Å². The molecule has 4 aromatic heterocycles. The largest absolute Gasteiger partial charge is 0.296 e. The van der Waals surface area contributed by atoms with Crippen LogP contribution in [0, 0.1) is 13.8 Å². The van der Waals surface area contributed by atoms with E-state index in [0.29, 0.717) is 10.8 Å². The molecule has 0 aliphatic carbocycles. The third-order valence-electron chi connectivity index (χ3n) is 5.03. The SMILES string of the molecule is CCn1ncc(-c2ccnc3cc(C(=O)Nc4nc5ccc(C)cc5s4)nn23)c1C. The van der Waals surface area contributed by atoms with E-state index in [4.69, 9.17) is 0 Å². The Balaban J connectivity index is 1.49. The quantitative estimate of drug-likeness (QED) is 0.476. The van der Waals surface area contributed by atoms with Gasteiger partial charge in [-0.2, -0.15) is 10.2 Å². The fraction of sp³-hybridized carbons (Fsp3) is 0.190. The van der Waals surface area contributed by atoms with E-state index in [-0.39, 0.29) is 11.6 Å². The maximum atomic E-state index is 12.8. The molecule has 30 heavy (non-hydrogen) atoms. The monoisotopic (exact) mass is 417 g/mol. The molecule has 1 amide bonds. The Hall–Kier alpha value is -3.59. The van der Waals surface area contributed by atoms with Gasteiger partial charge in [0, 0.05) is 30.1 Å². The highest BCUT2D eigenvalue weighted by molar-refractivity contribution is 7.22. The lowest BCUT2D eigenvalue weighted by atomic mass is 10.2. The summed E-state index contributed by atoms with van der Waals surface area (Å²) in [4.78, 5) is 21.7. The highest BCUT2D eigenvalue weighted by atomic mass is 32.1. The van der Waals surface area contributed by atoms with Crippen molar-refractivity contribution in [2.24, 2.45) is 0 Å². The van der Waals surface area contributed by atoms with Crippen molar-refractivity contribution in [1.82, 2.24) is 29.4 Å². The average Bonchev–Trinajstić information content (AvgIpc) is 3.43. The molecule has 0 bridgehead atoms. The average molecular weight is 417 g/mol. The molecule has 5 rings (SSSR count). The molecule has 1 N–H and O–H groups in total. The molecule has 0 saturated carbocycles. The minimum atomic E-state index is -0.316. The number of rotatable bonds is 4. The maximum Gasteiger partial charge on any atom is 0.278 e. The van der Waals surface area contributed by atoms with Crippen molar-refractivity contribution in [3.63, 3.8) is 0 Å². The van der Waals surface area contributed by atoms with E-state index in [1.807, 2.05) is 49.8 Å². The molecule has 1 aromatic carbocycles. The van der Waals surface area contributed by atoms with E-state index in [9.17, 15) is 4.79 Å². The smallest absolute Gasteiger partial charge is 0.278 e. The van der Waals surface area contributed by atoms with Gasteiger partial charge in [-0.15, -0.1) is 0 Å². The summed E-state index contributed by atoms with van der Waals surface area (Å²) < 4.78 is 4.64. The van der Waals surface area contributed by atoms with Crippen LogP contribution in [-0.2, 0) is 6.54 Å². The predicted molar refractivity (Wildman–Crippen MR) is 117 cm³/mol. The molecule has 0 unspecified atom stereocenters. The van der Waals surface area contributed by atoms with Gasteiger partial charge in [-0.1, -0.05) is 17.4 Å². The van der Waals surface area contributed by atoms with Gasteiger partial charge in [0.2, 0.25) is 0 Å². The Morgan fingerprint density at radius 1 is 1.20 bits per heavy atom. The first-order valence-corrected chi connectivity index (χ1v) is 10.4. The number of nitrogens with zero attached hydrogens (tertiary/aromatic N) is 6. The van der Waals surface area contributed by atoms with Crippen molar-refractivity contribution in [2.45, 2.75) is 27.3 Å². The minimum absolute atomic E-state index is 0.283. The number of nitrogens with one attached hydrogen (secondary N) is 1. The van der Waals surface area contributed by atoms with Gasteiger partial charge in [0.1, 0.15) is 0 Å². The molecule has 0 saturated heterocycles. The van der Waals surface area contributed by atoms with Crippen LogP contribution >= 0.6 is 11.3 Å². The van der Waals surface area contributed by atoms with Gasteiger partial charge in [0.15, 0.2) is 16.5 Å². The van der Waals surface area contributed by atoms with E-state index >= 15 is 0 Å². The van der Waals surface area contributed by atoms with E-state index in [1.165, 1.54) is 11.3 Å². The summed E-state index contributed by atoms with van der Waals surface area (Å²) in [7, 11) is 0. The molecule has 0 aliphatic rings. The van der Waals surface area contributed by atoms with E-state index in [2.05, 4.69) is 31.5 Å². The first-order chi connectivity index (χ1) is 14.5. The number of aryl methyl sites for hydroxylation is 2. The second-order valence-electron chi connectivity index (χ2n) is 7.03. The molecule has 4 heterocycles. The van der Waals surface area contributed by atoms with Crippen LogP contribution in [0.15, 0.2) is 42.7 Å². The van der Waals surface area contributed by atoms with Gasteiger partial charge in [0.05, 0.1) is 22.1 Å². The predicted octanol–water partition coefficient (Wildman–Crippen LogP) is 4.09. The van der Waals surface area contributed by atoms with E-state index in [1.54, 1.807) is 16.8 Å². The second-order valence-corrected chi connectivity index (χ2v) is 8.06. The van der Waals surface area contributed by atoms with Crippen molar-refractivity contribution in [3.8, 4) is 11.3 Å². The third kappa shape index (κ3) is 3.03. The molecule has 0 aliphatic heterocycles. The number of hydrogen-bond acceptors (Lipinski definition) is 6. The fourth-order valence-corrected chi connectivity index (χ4v) is 4.43. The van der Waals surface area contributed by atoms with Gasteiger partial charge in [0.25, 0.3) is 5.91 Å². The molecule has 5 aromatic rings. The summed E-state index contributed by atoms with van der Waals surface area (Å²) >= 11 is 1.44. The van der Waals surface area contributed by atoms with Crippen LogP contribution in [0.5, 0.6) is 0 Å². The zero-order valence-electron chi connectivity index (χ0n) is 16.7. The van der Waals surface area contributed by atoms with Gasteiger partial charge < -0.3 is 0 Å². The molecule has 0 fully saturated rings. The molecule has 9 heteroatoms. The Labute approximate surface area is 176 Å². The zero-order chi connectivity index (χ0) is 20.8. The molecular weight excluding hydrogens is 398 g/mol. The number of fused-ring (bicyclic) bond motifs is 2.